The van der Waals surface area contributed by atoms with E-state index in [9.17, 15) is 15.8 Å². The van der Waals surface area contributed by atoms with Gasteiger partial charge < -0.3 is 5.73 Å². The fourth-order valence-corrected chi connectivity index (χ4v) is 4.63. The molecule has 1 aromatic rings. The second-order valence-corrected chi connectivity index (χ2v) is 7.92. The van der Waals surface area contributed by atoms with Crippen LogP contribution in [0.3, 0.4) is 0 Å². The number of allylic oxidation sites excluding steroid dienone is 2. The van der Waals surface area contributed by atoms with Crippen molar-refractivity contribution in [2.45, 2.75) is 19.3 Å². The number of nitrogens with zero attached hydrogens (tertiary/aromatic N) is 4. The molecule has 2 atom stereocenters. The van der Waals surface area contributed by atoms with Gasteiger partial charge in [-0.3, -0.25) is 4.90 Å². The summed E-state index contributed by atoms with van der Waals surface area (Å²) in [4.78, 5) is 2.26. The predicted molar refractivity (Wildman–Crippen MR) is 108 cm³/mol. The first-order valence-corrected chi connectivity index (χ1v) is 9.79. The quantitative estimate of drug-likeness (QED) is 0.805. The Morgan fingerprint density at radius 1 is 1.21 bits per heavy atom. The molecule has 0 bridgehead atoms. The lowest BCUT2D eigenvalue weighted by molar-refractivity contribution is 0.207. The van der Waals surface area contributed by atoms with Crippen LogP contribution in [0.25, 0.3) is 0 Å². The summed E-state index contributed by atoms with van der Waals surface area (Å²) < 4.78 is 0. The summed E-state index contributed by atoms with van der Waals surface area (Å²) >= 11 is 12.3. The first-order chi connectivity index (χ1) is 13.4. The minimum absolute atomic E-state index is 0.0162. The van der Waals surface area contributed by atoms with E-state index < -0.39 is 11.3 Å². The largest absolute Gasteiger partial charge is 0.399 e. The van der Waals surface area contributed by atoms with Crippen LogP contribution in [0.5, 0.6) is 0 Å². The van der Waals surface area contributed by atoms with E-state index in [2.05, 4.69) is 30.0 Å². The van der Waals surface area contributed by atoms with Crippen molar-refractivity contribution in [3.63, 3.8) is 0 Å². The molecule has 0 spiro atoms. The number of benzene rings is 1. The average Bonchev–Trinajstić information content (AvgIpc) is 2.70. The van der Waals surface area contributed by atoms with Gasteiger partial charge in [-0.2, -0.15) is 15.8 Å². The van der Waals surface area contributed by atoms with E-state index in [1.54, 1.807) is 18.2 Å². The Morgan fingerprint density at radius 3 is 2.50 bits per heavy atom. The van der Waals surface area contributed by atoms with E-state index in [0.717, 1.165) is 18.5 Å². The molecule has 0 radical (unpaired) electrons. The normalized spacial score (nSPS) is 23.8. The number of hydrogen-bond acceptors (Lipinski definition) is 5. The zero-order valence-electron chi connectivity index (χ0n) is 15.4. The number of rotatable bonds is 3. The van der Waals surface area contributed by atoms with Crippen LogP contribution in [-0.2, 0) is 0 Å². The van der Waals surface area contributed by atoms with Crippen molar-refractivity contribution in [1.29, 1.82) is 15.8 Å². The molecule has 142 valence electrons. The summed E-state index contributed by atoms with van der Waals surface area (Å²) in [5.41, 5.74) is 6.42. The molecule has 2 aliphatic rings. The minimum atomic E-state index is -1.65. The van der Waals surface area contributed by atoms with Gasteiger partial charge in [-0.1, -0.05) is 42.3 Å². The van der Waals surface area contributed by atoms with E-state index in [-0.39, 0.29) is 17.2 Å². The molecule has 5 nitrogen and oxygen atoms in total. The molecular formula is C21H19Cl2N5. The van der Waals surface area contributed by atoms with E-state index in [0.29, 0.717) is 28.7 Å². The molecule has 1 aliphatic carbocycles. The maximum Gasteiger partial charge on any atom is 0.191 e. The highest BCUT2D eigenvalue weighted by Crippen LogP contribution is 2.54. The maximum atomic E-state index is 10.1. The van der Waals surface area contributed by atoms with Crippen LogP contribution in [-0.4, -0.2) is 24.5 Å². The van der Waals surface area contributed by atoms with Crippen molar-refractivity contribution >= 4 is 23.2 Å². The maximum absolute atomic E-state index is 10.1. The van der Waals surface area contributed by atoms with Gasteiger partial charge in [0.15, 0.2) is 5.41 Å². The zero-order chi connectivity index (χ0) is 20.5. The van der Waals surface area contributed by atoms with Crippen LogP contribution >= 0.6 is 23.2 Å². The van der Waals surface area contributed by atoms with Gasteiger partial charge in [0.2, 0.25) is 0 Å². The fraction of sp³-hybridized carbons (Fsp3) is 0.381. The number of nitrogens with two attached hydrogens (primary N) is 1. The van der Waals surface area contributed by atoms with Crippen LogP contribution < -0.4 is 5.73 Å². The highest BCUT2D eigenvalue weighted by atomic mass is 35.5. The highest BCUT2D eigenvalue weighted by Gasteiger charge is 2.54. The van der Waals surface area contributed by atoms with E-state index in [4.69, 9.17) is 28.9 Å². The van der Waals surface area contributed by atoms with Gasteiger partial charge in [0.05, 0.1) is 33.5 Å². The highest BCUT2D eigenvalue weighted by molar-refractivity contribution is 6.42. The first-order valence-electron chi connectivity index (χ1n) is 9.04. The van der Waals surface area contributed by atoms with Gasteiger partial charge in [-0.15, -0.1) is 0 Å². The Hall–Kier alpha value is -2.49. The molecule has 1 aromatic carbocycles. The Morgan fingerprint density at radius 2 is 1.93 bits per heavy atom. The summed E-state index contributed by atoms with van der Waals surface area (Å²) in [6.07, 6.45) is 2.98. The molecule has 0 saturated carbocycles. The Labute approximate surface area is 174 Å². The molecule has 2 N–H and O–H groups in total. The monoisotopic (exact) mass is 411 g/mol. The van der Waals surface area contributed by atoms with Gasteiger partial charge in [0.1, 0.15) is 6.07 Å². The van der Waals surface area contributed by atoms with Crippen LogP contribution in [0, 0.1) is 45.3 Å². The number of halogens is 2. The lowest BCUT2D eigenvalue weighted by Gasteiger charge is -2.45. The zero-order valence-corrected chi connectivity index (χ0v) is 16.9. The van der Waals surface area contributed by atoms with Crippen LogP contribution in [0.4, 0.5) is 0 Å². The predicted octanol–water partition coefficient (Wildman–Crippen LogP) is 4.13. The molecule has 28 heavy (non-hydrogen) atoms. The molecule has 2 unspecified atom stereocenters. The smallest absolute Gasteiger partial charge is 0.191 e. The molecule has 0 aromatic heterocycles. The lowest BCUT2D eigenvalue weighted by Crippen LogP contribution is -2.48. The molecule has 7 heteroatoms. The second kappa shape index (κ2) is 7.86. The molecule has 0 saturated heterocycles. The first kappa shape index (κ1) is 20.2. The van der Waals surface area contributed by atoms with Crippen molar-refractivity contribution in [3.05, 3.63) is 56.7 Å². The number of hydrogen-bond donors (Lipinski definition) is 1. The molecule has 0 amide bonds. The van der Waals surface area contributed by atoms with Crippen molar-refractivity contribution in [3.8, 4) is 18.2 Å². The van der Waals surface area contributed by atoms with Gasteiger partial charge >= 0.3 is 0 Å². The Kier molecular flexibility index (Phi) is 5.69. The Bertz CT molecular complexity index is 976. The van der Waals surface area contributed by atoms with Crippen LogP contribution in [0.1, 0.15) is 24.8 Å². The van der Waals surface area contributed by atoms with Crippen molar-refractivity contribution < 1.29 is 0 Å². The van der Waals surface area contributed by atoms with Gasteiger partial charge in [-0.25, -0.2) is 0 Å². The summed E-state index contributed by atoms with van der Waals surface area (Å²) in [6.45, 7) is 4.33. The van der Waals surface area contributed by atoms with Crippen molar-refractivity contribution in [2.75, 3.05) is 19.6 Å². The number of nitriles is 3. The summed E-state index contributed by atoms with van der Waals surface area (Å²) in [7, 11) is 0. The SMILES string of the molecule is CCCN1CC=C2C(C#N)=C(N)C(C#N)(C#N)C(c3ccc(Cl)c(Cl)c3)C2C1. The van der Waals surface area contributed by atoms with Crippen LogP contribution in [0.15, 0.2) is 41.1 Å². The summed E-state index contributed by atoms with van der Waals surface area (Å²) in [6, 6.07) is 11.5. The summed E-state index contributed by atoms with van der Waals surface area (Å²) in [5, 5.41) is 30.6. The van der Waals surface area contributed by atoms with Crippen molar-refractivity contribution in [2.24, 2.45) is 17.1 Å². The third kappa shape index (κ3) is 3.05. The second-order valence-electron chi connectivity index (χ2n) is 7.11. The van der Waals surface area contributed by atoms with E-state index in [1.807, 2.05) is 6.08 Å². The molecule has 1 heterocycles. The lowest BCUT2D eigenvalue weighted by atomic mass is 9.58. The van der Waals surface area contributed by atoms with Gasteiger partial charge in [-0.05, 0) is 36.2 Å². The average molecular weight is 412 g/mol. The van der Waals surface area contributed by atoms with E-state index in [1.165, 1.54) is 0 Å². The van der Waals surface area contributed by atoms with Crippen LogP contribution in [0.2, 0.25) is 10.0 Å². The fourth-order valence-electron chi connectivity index (χ4n) is 4.32. The van der Waals surface area contributed by atoms with Crippen molar-refractivity contribution in [1.82, 2.24) is 4.90 Å². The van der Waals surface area contributed by atoms with E-state index >= 15 is 0 Å². The minimum Gasteiger partial charge on any atom is -0.399 e. The summed E-state index contributed by atoms with van der Waals surface area (Å²) in [5.74, 6) is -0.779. The van der Waals surface area contributed by atoms with Gasteiger partial charge in [0, 0.05) is 24.9 Å². The third-order valence-corrected chi connectivity index (χ3v) is 6.32. The number of fused-ring (bicyclic) bond motifs is 1. The molecule has 1 aliphatic heterocycles. The molecule has 0 fully saturated rings. The molecule has 3 rings (SSSR count). The Balaban J connectivity index is 2.28. The molecular weight excluding hydrogens is 393 g/mol. The third-order valence-electron chi connectivity index (χ3n) is 5.58. The van der Waals surface area contributed by atoms with Gasteiger partial charge in [0.25, 0.3) is 0 Å². The topological polar surface area (TPSA) is 101 Å². The standard InChI is InChI=1S/C21H19Cl2N5/c1-2-6-28-7-5-14-15(9-24)20(27)21(11-25,12-26)19(16(14)10-28)13-3-4-17(22)18(23)8-13/h3-5,8,16,19H,2,6-7,10,27H2,1H3.